The van der Waals surface area contributed by atoms with E-state index in [9.17, 15) is 18.5 Å². The van der Waals surface area contributed by atoms with Gasteiger partial charge in [0.25, 0.3) is 15.7 Å². The first-order valence-electron chi connectivity index (χ1n) is 5.24. The van der Waals surface area contributed by atoms with Crippen molar-refractivity contribution in [3.05, 3.63) is 45.1 Å². The molecule has 0 saturated heterocycles. The number of benzene rings is 1. The largest absolute Gasteiger partial charge is 0.324 e. The molecule has 10 heteroatoms. The number of nitrogens with two attached hydrogens (primary N) is 1. The van der Waals surface area contributed by atoms with Crippen molar-refractivity contribution in [2.24, 2.45) is 5.84 Å². The maximum absolute atomic E-state index is 12.2. The second-order valence-corrected chi connectivity index (χ2v) is 6.13. The van der Waals surface area contributed by atoms with E-state index in [4.69, 9.17) is 5.84 Å². The number of hydrogen-bond acceptors (Lipinski definition) is 7. The Hall–Kier alpha value is -2.17. The van der Waals surface area contributed by atoms with Crippen molar-refractivity contribution in [2.75, 3.05) is 10.1 Å². The summed E-state index contributed by atoms with van der Waals surface area (Å²) in [5, 5.41) is 14.3. The molecule has 2 rings (SSSR count). The predicted octanol–water partition coefficient (Wildman–Crippen LogP) is 1.74. The lowest BCUT2D eigenvalue weighted by Gasteiger charge is -2.08. The van der Waals surface area contributed by atoms with E-state index in [0.29, 0.717) is 5.69 Å². The van der Waals surface area contributed by atoms with Crippen LogP contribution in [0.15, 0.2) is 39.9 Å². The van der Waals surface area contributed by atoms with Crippen LogP contribution in [0.4, 0.5) is 17.1 Å². The van der Waals surface area contributed by atoms with Gasteiger partial charge in [-0.15, -0.1) is 0 Å². The summed E-state index contributed by atoms with van der Waals surface area (Å²) in [6, 6.07) is 5.09. The van der Waals surface area contributed by atoms with Crippen LogP contribution < -0.4 is 16.0 Å². The van der Waals surface area contributed by atoms with Gasteiger partial charge in [-0.05, 0) is 23.6 Å². The Morgan fingerprint density at radius 3 is 2.55 bits per heavy atom. The lowest BCUT2D eigenvalue weighted by atomic mass is 10.3. The maximum atomic E-state index is 12.2. The SMILES string of the molecule is NNc1ccc(S(=O)(=O)Nc2ccsc2)c([N+](=O)[O-])c1. The first-order valence-corrected chi connectivity index (χ1v) is 7.67. The van der Waals surface area contributed by atoms with E-state index < -0.39 is 25.5 Å². The molecule has 4 N–H and O–H groups in total. The smallest absolute Gasteiger partial charge is 0.291 e. The topological polar surface area (TPSA) is 127 Å². The van der Waals surface area contributed by atoms with E-state index in [0.717, 1.165) is 12.1 Å². The highest BCUT2D eigenvalue weighted by Gasteiger charge is 2.26. The average molecular weight is 314 g/mol. The number of hydrogen-bond donors (Lipinski definition) is 3. The molecule has 1 aromatic carbocycles. The van der Waals surface area contributed by atoms with Gasteiger partial charge in [-0.25, -0.2) is 8.42 Å². The van der Waals surface area contributed by atoms with E-state index in [1.165, 1.54) is 17.4 Å². The molecule has 20 heavy (non-hydrogen) atoms. The van der Waals surface area contributed by atoms with Crippen LogP contribution >= 0.6 is 11.3 Å². The Morgan fingerprint density at radius 1 is 1.25 bits per heavy atom. The van der Waals surface area contributed by atoms with Crippen molar-refractivity contribution in [1.29, 1.82) is 0 Å². The normalized spacial score (nSPS) is 11.1. The van der Waals surface area contributed by atoms with Gasteiger partial charge in [0.2, 0.25) is 0 Å². The van der Waals surface area contributed by atoms with Gasteiger partial charge in [0, 0.05) is 11.4 Å². The number of nitro benzene ring substituents is 1. The molecule has 0 saturated carbocycles. The first-order chi connectivity index (χ1) is 9.44. The molecule has 0 radical (unpaired) electrons. The molecule has 2 aromatic rings. The molecule has 0 fully saturated rings. The monoisotopic (exact) mass is 314 g/mol. The van der Waals surface area contributed by atoms with Gasteiger partial charge in [0.1, 0.15) is 0 Å². The summed E-state index contributed by atoms with van der Waals surface area (Å²) >= 11 is 1.30. The molecule has 0 bridgehead atoms. The number of anilines is 2. The summed E-state index contributed by atoms with van der Waals surface area (Å²) in [5.74, 6) is 5.15. The van der Waals surface area contributed by atoms with Gasteiger partial charge in [-0.3, -0.25) is 20.7 Å². The fraction of sp³-hybridized carbons (Fsp3) is 0. The molecule has 8 nitrogen and oxygen atoms in total. The molecule has 0 aliphatic carbocycles. The number of rotatable bonds is 5. The fourth-order valence-corrected chi connectivity index (χ4v) is 3.38. The van der Waals surface area contributed by atoms with Crippen LogP contribution in [0.5, 0.6) is 0 Å². The van der Waals surface area contributed by atoms with Crippen LogP contribution in [-0.2, 0) is 10.0 Å². The van der Waals surface area contributed by atoms with Crippen LogP contribution in [0.25, 0.3) is 0 Å². The van der Waals surface area contributed by atoms with E-state index in [-0.39, 0.29) is 5.69 Å². The van der Waals surface area contributed by atoms with Crippen molar-refractivity contribution in [1.82, 2.24) is 0 Å². The molecule has 1 heterocycles. The second-order valence-electron chi connectivity index (χ2n) is 3.70. The minimum atomic E-state index is -4.04. The van der Waals surface area contributed by atoms with Gasteiger partial charge >= 0.3 is 0 Å². The van der Waals surface area contributed by atoms with E-state index >= 15 is 0 Å². The lowest BCUT2D eigenvalue weighted by molar-refractivity contribution is -0.387. The third-order valence-electron chi connectivity index (χ3n) is 2.39. The summed E-state index contributed by atoms with van der Waals surface area (Å²) < 4.78 is 26.6. The summed E-state index contributed by atoms with van der Waals surface area (Å²) in [7, 11) is -4.04. The number of nitrogens with zero attached hydrogens (tertiary/aromatic N) is 1. The van der Waals surface area contributed by atoms with E-state index in [2.05, 4.69) is 10.1 Å². The van der Waals surface area contributed by atoms with Crippen LogP contribution in [-0.4, -0.2) is 13.3 Å². The zero-order valence-electron chi connectivity index (χ0n) is 9.94. The molecule has 1 aromatic heterocycles. The van der Waals surface area contributed by atoms with Crippen molar-refractivity contribution >= 4 is 38.4 Å². The minimum absolute atomic E-state index is 0.242. The number of nitrogens with one attached hydrogen (secondary N) is 2. The first kappa shape index (κ1) is 14.2. The number of sulfonamides is 1. The highest BCUT2D eigenvalue weighted by atomic mass is 32.2. The summed E-state index contributed by atoms with van der Waals surface area (Å²) in [6.07, 6.45) is 0. The Morgan fingerprint density at radius 2 is 2.00 bits per heavy atom. The highest BCUT2D eigenvalue weighted by molar-refractivity contribution is 7.92. The van der Waals surface area contributed by atoms with Gasteiger partial charge < -0.3 is 5.43 Å². The van der Waals surface area contributed by atoms with Crippen molar-refractivity contribution in [2.45, 2.75) is 4.90 Å². The third kappa shape index (κ3) is 2.87. The van der Waals surface area contributed by atoms with Crippen molar-refractivity contribution in [3.8, 4) is 0 Å². The van der Waals surface area contributed by atoms with Crippen molar-refractivity contribution < 1.29 is 13.3 Å². The number of hydrazine groups is 1. The molecule has 106 valence electrons. The Kier molecular flexibility index (Phi) is 3.88. The molecule has 0 amide bonds. The average Bonchev–Trinajstić information content (AvgIpc) is 2.90. The van der Waals surface area contributed by atoms with Crippen LogP contribution in [0.1, 0.15) is 0 Å². The summed E-state index contributed by atoms with van der Waals surface area (Å²) in [5.41, 5.74) is 2.27. The van der Waals surface area contributed by atoms with Gasteiger partial charge in [0.05, 0.1) is 16.3 Å². The zero-order valence-corrected chi connectivity index (χ0v) is 11.6. The van der Waals surface area contributed by atoms with Gasteiger partial charge in [-0.1, -0.05) is 0 Å². The lowest BCUT2D eigenvalue weighted by Crippen LogP contribution is -2.15. The van der Waals surface area contributed by atoms with E-state index in [1.807, 2.05) is 0 Å². The summed E-state index contributed by atoms with van der Waals surface area (Å²) in [6.45, 7) is 0. The fourth-order valence-electron chi connectivity index (χ4n) is 1.51. The molecule has 0 aliphatic heterocycles. The zero-order chi connectivity index (χ0) is 14.8. The number of thiophene rings is 1. The van der Waals surface area contributed by atoms with Gasteiger partial charge in [0.15, 0.2) is 4.90 Å². The molecule has 0 unspecified atom stereocenters. The van der Waals surface area contributed by atoms with Crippen molar-refractivity contribution in [3.63, 3.8) is 0 Å². The molecule has 0 aliphatic rings. The Balaban J connectivity index is 2.48. The molecule has 0 atom stereocenters. The van der Waals surface area contributed by atoms with Crippen LogP contribution in [0.3, 0.4) is 0 Å². The molecular weight excluding hydrogens is 304 g/mol. The Labute approximate surface area is 118 Å². The van der Waals surface area contributed by atoms with Crippen LogP contribution in [0.2, 0.25) is 0 Å². The number of nitrogen functional groups attached to an aromatic ring is 1. The highest BCUT2D eigenvalue weighted by Crippen LogP contribution is 2.28. The second kappa shape index (κ2) is 5.45. The van der Waals surface area contributed by atoms with Gasteiger partial charge in [-0.2, -0.15) is 11.3 Å². The number of nitro groups is 1. The standard InChI is InChI=1S/C10H10N4O4S2/c11-12-7-1-2-10(9(5-7)14(15)16)20(17,18)13-8-3-4-19-6-8/h1-6,12-13H,11H2. The minimum Gasteiger partial charge on any atom is -0.324 e. The molecular formula is C10H10N4O4S2. The van der Waals surface area contributed by atoms with E-state index in [1.54, 1.807) is 16.8 Å². The third-order valence-corrected chi connectivity index (χ3v) is 4.50. The predicted molar refractivity (Wildman–Crippen MR) is 76.0 cm³/mol. The molecule has 0 spiro atoms. The quantitative estimate of drug-likeness (QED) is 0.438. The maximum Gasteiger partial charge on any atom is 0.291 e. The van der Waals surface area contributed by atoms with Crippen LogP contribution in [0, 0.1) is 10.1 Å². The Bertz CT molecular complexity index is 728. The summed E-state index contributed by atoms with van der Waals surface area (Å²) in [4.78, 5) is 9.79.